The van der Waals surface area contributed by atoms with E-state index in [0.717, 1.165) is 38.8 Å². The molecule has 110 valence electrons. The van der Waals surface area contributed by atoms with Crippen molar-refractivity contribution in [2.75, 3.05) is 33.8 Å². The third-order valence-electron chi connectivity index (χ3n) is 4.52. The number of likely N-dealkylation sites (tertiary alicyclic amines) is 1. The topological polar surface area (TPSA) is 55.8 Å². The number of hydrogen-bond donors (Lipinski definition) is 2. The second-order valence-corrected chi connectivity index (χ2v) is 6.23. The summed E-state index contributed by atoms with van der Waals surface area (Å²) in [7, 11) is 3.60. The van der Waals surface area contributed by atoms with Crippen molar-refractivity contribution >= 4 is 6.03 Å². The average Bonchev–Trinajstić information content (AvgIpc) is 2.88. The van der Waals surface area contributed by atoms with Crippen LogP contribution in [0, 0.1) is 0 Å². The van der Waals surface area contributed by atoms with Crippen LogP contribution in [0.3, 0.4) is 0 Å². The third-order valence-corrected chi connectivity index (χ3v) is 4.52. The minimum atomic E-state index is -0.0433. The van der Waals surface area contributed by atoms with Crippen LogP contribution in [0.15, 0.2) is 0 Å². The molecule has 2 rings (SSSR count). The number of urea groups is 1. The van der Waals surface area contributed by atoms with Gasteiger partial charge in [-0.25, -0.2) is 4.79 Å². The molecule has 1 saturated carbocycles. The maximum absolute atomic E-state index is 11.9. The fourth-order valence-corrected chi connectivity index (χ4v) is 3.33. The third kappa shape index (κ3) is 3.39. The predicted molar refractivity (Wildman–Crippen MR) is 75.1 cm³/mol. The molecule has 0 aromatic rings. The Morgan fingerprint density at radius 2 is 1.89 bits per heavy atom. The van der Waals surface area contributed by atoms with Crippen LogP contribution in [0.2, 0.25) is 0 Å². The van der Waals surface area contributed by atoms with E-state index in [1.54, 1.807) is 19.0 Å². The minimum absolute atomic E-state index is 0.0433. The summed E-state index contributed by atoms with van der Waals surface area (Å²) in [5.74, 6) is 0. The Hall–Kier alpha value is -0.810. The van der Waals surface area contributed by atoms with Gasteiger partial charge in [0.1, 0.15) is 0 Å². The monoisotopic (exact) mass is 269 g/mol. The summed E-state index contributed by atoms with van der Waals surface area (Å²) in [4.78, 5) is 15.4. The number of aliphatic hydroxyl groups is 1. The molecule has 2 amide bonds. The number of rotatable bonds is 3. The van der Waals surface area contributed by atoms with E-state index in [1.165, 1.54) is 12.8 Å². The number of carbonyl (C=O) groups excluding carboxylic acids is 1. The van der Waals surface area contributed by atoms with Gasteiger partial charge in [0, 0.05) is 38.8 Å². The first kappa shape index (κ1) is 14.6. The highest BCUT2D eigenvalue weighted by Crippen LogP contribution is 2.30. The second-order valence-electron chi connectivity index (χ2n) is 6.23. The first-order chi connectivity index (χ1) is 9.06. The molecule has 0 aromatic heterocycles. The fourth-order valence-electron chi connectivity index (χ4n) is 3.33. The smallest absolute Gasteiger partial charge is 0.319 e. The van der Waals surface area contributed by atoms with Crippen LogP contribution in [0.1, 0.15) is 38.5 Å². The van der Waals surface area contributed by atoms with E-state index >= 15 is 0 Å². The minimum Gasteiger partial charge on any atom is -0.394 e. The lowest BCUT2D eigenvalue weighted by Gasteiger charge is -2.39. The van der Waals surface area contributed by atoms with Crippen molar-refractivity contribution in [2.45, 2.75) is 50.1 Å². The summed E-state index contributed by atoms with van der Waals surface area (Å²) in [5, 5.41) is 13.3. The highest BCUT2D eigenvalue weighted by Gasteiger charge is 2.36. The molecule has 2 fully saturated rings. The number of carbonyl (C=O) groups is 1. The number of nitrogens with one attached hydrogen (secondary N) is 1. The van der Waals surface area contributed by atoms with Crippen LogP contribution in [0.5, 0.6) is 0 Å². The van der Waals surface area contributed by atoms with Gasteiger partial charge in [-0.2, -0.15) is 0 Å². The van der Waals surface area contributed by atoms with E-state index in [2.05, 4.69) is 5.32 Å². The molecule has 0 spiro atoms. The maximum Gasteiger partial charge on any atom is 0.319 e. The Morgan fingerprint density at radius 1 is 1.32 bits per heavy atom. The van der Waals surface area contributed by atoms with Gasteiger partial charge in [0.2, 0.25) is 0 Å². The van der Waals surface area contributed by atoms with E-state index in [0.29, 0.717) is 6.04 Å². The van der Waals surface area contributed by atoms with Crippen LogP contribution in [-0.4, -0.2) is 66.3 Å². The van der Waals surface area contributed by atoms with Gasteiger partial charge in [-0.1, -0.05) is 12.8 Å². The van der Waals surface area contributed by atoms with E-state index in [4.69, 9.17) is 0 Å². The fraction of sp³-hybridized carbons (Fsp3) is 0.929. The zero-order valence-corrected chi connectivity index (χ0v) is 12.2. The standard InChI is InChI=1S/C14H27N3O2/c1-16(2)13(19)17-9-5-12(6-10-17)15-14(11-18)7-3-4-8-14/h12,15,18H,3-11H2,1-2H3. The number of aliphatic hydroxyl groups excluding tert-OH is 1. The highest BCUT2D eigenvalue weighted by atomic mass is 16.3. The molecule has 0 aromatic carbocycles. The van der Waals surface area contributed by atoms with Gasteiger partial charge >= 0.3 is 6.03 Å². The van der Waals surface area contributed by atoms with Crippen molar-refractivity contribution < 1.29 is 9.90 Å². The molecule has 5 heteroatoms. The highest BCUT2D eigenvalue weighted by molar-refractivity contribution is 5.73. The Morgan fingerprint density at radius 3 is 2.37 bits per heavy atom. The molecule has 2 N–H and O–H groups in total. The molecule has 0 radical (unpaired) electrons. The summed E-state index contributed by atoms with van der Waals surface area (Å²) >= 11 is 0. The lowest BCUT2D eigenvalue weighted by molar-refractivity contribution is 0.119. The SMILES string of the molecule is CN(C)C(=O)N1CCC(NC2(CO)CCCC2)CC1. The van der Waals surface area contributed by atoms with Crippen LogP contribution in [0.4, 0.5) is 4.79 Å². The van der Waals surface area contributed by atoms with Gasteiger partial charge in [-0.3, -0.25) is 0 Å². The van der Waals surface area contributed by atoms with Gasteiger partial charge in [-0.15, -0.1) is 0 Å². The molecule has 1 aliphatic heterocycles. The Bertz CT molecular complexity index is 306. The zero-order valence-electron chi connectivity index (χ0n) is 12.2. The molecule has 1 heterocycles. The van der Waals surface area contributed by atoms with Crippen molar-refractivity contribution in [3.05, 3.63) is 0 Å². The summed E-state index contributed by atoms with van der Waals surface area (Å²) in [6, 6.07) is 0.549. The summed E-state index contributed by atoms with van der Waals surface area (Å²) < 4.78 is 0. The molecule has 0 unspecified atom stereocenters. The number of piperidine rings is 1. The van der Waals surface area contributed by atoms with Crippen molar-refractivity contribution in [1.29, 1.82) is 0 Å². The van der Waals surface area contributed by atoms with Gasteiger partial charge in [0.15, 0.2) is 0 Å². The van der Waals surface area contributed by atoms with Gasteiger partial charge in [-0.05, 0) is 25.7 Å². The number of hydrogen-bond acceptors (Lipinski definition) is 3. The van der Waals surface area contributed by atoms with Gasteiger partial charge in [0.05, 0.1) is 6.61 Å². The number of nitrogens with zero attached hydrogens (tertiary/aromatic N) is 2. The first-order valence-corrected chi connectivity index (χ1v) is 7.41. The van der Waals surface area contributed by atoms with E-state index in [1.807, 2.05) is 4.90 Å². The molecule has 1 saturated heterocycles. The van der Waals surface area contributed by atoms with Crippen LogP contribution >= 0.6 is 0 Å². The summed E-state index contributed by atoms with van der Waals surface area (Å²) in [6.07, 6.45) is 6.57. The molecule has 0 atom stereocenters. The Balaban J connectivity index is 1.81. The average molecular weight is 269 g/mol. The molecule has 2 aliphatic rings. The molecular formula is C14H27N3O2. The molecule has 5 nitrogen and oxygen atoms in total. The maximum atomic E-state index is 11.9. The van der Waals surface area contributed by atoms with Crippen molar-refractivity contribution in [3.8, 4) is 0 Å². The predicted octanol–water partition coefficient (Wildman–Crippen LogP) is 1.03. The molecular weight excluding hydrogens is 242 g/mol. The Labute approximate surface area is 115 Å². The van der Waals surface area contributed by atoms with Gasteiger partial charge < -0.3 is 20.2 Å². The van der Waals surface area contributed by atoms with Crippen molar-refractivity contribution in [3.63, 3.8) is 0 Å². The summed E-state index contributed by atoms with van der Waals surface area (Å²) in [6.45, 7) is 1.87. The lowest BCUT2D eigenvalue weighted by atomic mass is 9.94. The zero-order chi connectivity index (χ0) is 13.9. The van der Waals surface area contributed by atoms with Gasteiger partial charge in [0.25, 0.3) is 0 Å². The van der Waals surface area contributed by atoms with E-state index in [-0.39, 0.29) is 18.2 Å². The quantitative estimate of drug-likeness (QED) is 0.804. The summed E-state index contributed by atoms with van der Waals surface area (Å²) in [5.41, 5.74) is -0.0433. The normalized spacial score (nSPS) is 23.6. The Kier molecular flexibility index (Phi) is 4.68. The first-order valence-electron chi connectivity index (χ1n) is 7.41. The van der Waals surface area contributed by atoms with Crippen molar-refractivity contribution in [1.82, 2.24) is 15.1 Å². The molecule has 1 aliphatic carbocycles. The molecule has 0 bridgehead atoms. The van der Waals surface area contributed by atoms with E-state index in [9.17, 15) is 9.90 Å². The van der Waals surface area contributed by atoms with E-state index < -0.39 is 0 Å². The van der Waals surface area contributed by atoms with Crippen LogP contribution < -0.4 is 5.32 Å². The largest absolute Gasteiger partial charge is 0.394 e. The van der Waals surface area contributed by atoms with Crippen LogP contribution in [0.25, 0.3) is 0 Å². The van der Waals surface area contributed by atoms with Crippen LogP contribution in [-0.2, 0) is 0 Å². The molecule has 19 heavy (non-hydrogen) atoms. The second kappa shape index (κ2) is 6.09. The lowest BCUT2D eigenvalue weighted by Crippen LogP contribution is -2.55. The van der Waals surface area contributed by atoms with Crippen molar-refractivity contribution in [2.24, 2.45) is 0 Å². The number of amides is 2.